The Morgan fingerprint density at radius 2 is 2.17 bits per heavy atom. The maximum Gasteiger partial charge on any atom is 0.126 e. The molecule has 0 heterocycles. The SMILES string of the molecule is [2H]C([2H])(c1ccc(C)c(F)c1)C(C)C. The van der Waals surface area contributed by atoms with Gasteiger partial charge in [-0.3, -0.25) is 0 Å². The van der Waals surface area contributed by atoms with Gasteiger partial charge in [0, 0.05) is 2.74 Å². The average molecular weight is 168 g/mol. The number of benzene rings is 1. The highest BCUT2D eigenvalue weighted by Gasteiger charge is 2.00. The number of rotatable bonds is 2. The van der Waals surface area contributed by atoms with Crippen LogP contribution in [0.3, 0.4) is 0 Å². The zero-order valence-electron chi connectivity index (χ0n) is 9.69. The third kappa shape index (κ3) is 2.33. The van der Waals surface area contributed by atoms with E-state index < -0.39 is 6.37 Å². The fourth-order valence-corrected chi connectivity index (χ4v) is 1.02. The van der Waals surface area contributed by atoms with Crippen molar-refractivity contribution in [3.8, 4) is 0 Å². The summed E-state index contributed by atoms with van der Waals surface area (Å²) >= 11 is 0. The Hall–Kier alpha value is -0.850. The van der Waals surface area contributed by atoms with Crippen LogP contribution in [-0.2, 0) is 6.37 Å². The molecule has 0 saturated heterocycles. The van der Waals surface area contributed by atoms with Gasteiger partial charge in [-0.15, -0.1) is 0 Å². The Bertz CT molecular complexity index is 332. The molecule has 12 heavy (non-hydrogen) atoms. The molecule has 1 aromatic carbocycles. The minimum Gasteiger partial charge on any atom is -0.207 e. The molecular weight excluding hydrogens is 151 g/mol. The lowest BCUT2D eigenvalue weighted by Gasteiger charge is -2.05. The van der Waals surface area contributed by atoms with E-state index >= 15 is 0 Å². The van der Waals surface area contributed by atoms with E-state index in [0.29, 0.717) is 11.1 Å². The van der Waals surface area contributed by atoms with Crippen molar-refractivity contribution in [3.05, 3.63) is 35.1 Å². The lowest BCUT2D eigenvalue weighted by atomic mass is 10.0. The highest BCUT2D eigenvalue weighted by atomic mass is 19.1. The summed E-state index contributed by atoms with van der Waals surface area (Å²) < 4.78 is 28.8. The molecule has 1 rings (SSSR count). The second-order valence-electron chi connectivity index (χ2n) is 3.26. The van der Waals surface area contributed by atoms with Crippen LogP contribution in [0.1, 0.15) is 27.7 Å². The number of aryl methyl sites for hydroxylation is 1. The molecule has 1 aromatic rings. The largest absolute Gasteiger partial charge is 0.207 e. The van der Waals surface area contributed by atoms with Gasteiger partial charge < -0.3 is 0 Å². The van der Waals surface area contributed by atoms with E-state index in [2.05, 4.69) is 0 Å². The monoisotopic (exact) mass is 168 g/mol. The second kappa shape index (κ2) is 3.70. The second-order valence-corrected chi connectivity index (χ2v) is 3.26. The molecule has 0 nitrogen and oxygen atoms in total. The molecule has 0 spiro atoms. The Morgan fingerprint density at radius 3 is 2.67 bits per heavy atom. The van der Waals surface area contributed by atoms with Crippen molar-refractivity contribution in [2.24, 2.45) is 5.92 Å². The summed E-state index contributed by atoms with van der Waals surface area (Å²) in [6, 6.07) is 4.55. The summed E-state index contributed by atoms with van der Waals surface area (Å²) in [6.07, 6.45) is -1.46. The van der Waals surface area contributed by atoms with Gasteiger partial charge in [0.05, 0.1) is 0 Å². The van der Waals surface area contributed by atoms with Crippen LogP contribution in [-0.4, -0.2) is 0 Å². The molecule has 0 fully saturated rings. The Balaban J connectivity index is 3.14. The zero-order valence-corrected chi connectivity index (χ0v) is 7.69. The van der Waals surface area contributed by atoms with Crippen LogP contribution in [0.25, 0.3) is 0 Å². The first-order chi connectivity index (χ1) is 6.35. The lowest BCUT2D eigenvalue weighted by molar-refractivity contribution is 0.605. The van der Waals surface area contributed by atoms with Crippen LogP contribution in [0.15, 0.2) is 18.2 Å². The van der Waals surface area contributed by atoms with Crippen molar-refractivity contribution in [2.45, 2.75) is 27.1 Å². The quantitative estimate of drug-likeness (QED) is 0.635. The predicted octanol–water partition coefficient (Wildman–Crippen LogP) is 3.33. The number of hydrogen-bond acceptors (Lipinski definition) is 0. The Kier molecular flexibility index (Phi) is 2.05. The molecule has 0 saturated carbocycles. The smallest absolute Gasteiger partial charge is 0.126 e. The maximum absolute atomic E-state index is 13.2. The molecule has 0 aromatic heterocycles. The van der Waals surface area contributed by atoms with E-state index in [4.69, 9.17) is 2.74 Å². The first-order valence-corrected chi connectivity index (χ1v) is 4.12. The fourth-order valence-electron chi connectivity index (χ4n) is 1.02. The molecule has 0 N–H and O–H groups in total. The summed E-state index contributed by atoms with van der Waals surface area (Å²) in [5.41, 5.74) is 0.962. The van der Waals surface area contributed by atoms with Gasteiger partial charge in [0.1, 0.15) is 5.82 Å². The normalized spacial score (nSPS) is 14.4. The Labute approximate surface area is 76.2 Å². The minimum absolute atomic E-state index is 0.162. The van der Waals surface area contributed by atoms with Crippen LogP contribution in [0.4, 0.5) is 4.39 Å². The predicted molar refractivity (Wildman–Crippen MR) is 49.7 cm³/mol. The summed E-state index contributed by atoms with van der Waals surface area (Å²) in [4.78, 5) is 0. The van der Waals surface area contributed by atoms with Gasteiger partial charge >= 0.3 is 0 Å². The molecule has 0 bridgehead atoms. The molecule has 0 aliphatic carbocycles. The minimum atomic E-state index is -1.46. The molecule has 0 atom stereocenters. The van der Waals surface area contributed by atoms with Gasteiger partial charge in [-0.25, -0.2) is 4.39 Å². The van der Waals surface area contributed by atoms with E-state index in [9.17, 15) is 4.39 Å². The first-order valence-electron chi connectivity index (χ1n) is 5.12. The van der Waals surface area contributed by atoms with E-state index in [1.54, 1.807) is 32.9 Å². The standard InChI is InChI=1S/C11H15F/c1-8(2)6-10-5-4-9(3)11(12)7-10/h4-5,7-8H,6H2,1-3H3/i6D2. The zero-order chi connectivity index (χ0) is 10.9. The third-order valence-corrected chi connectivity index (χ3v) is 1.63. The van der Waals surface area contributed by atoms with E-state index in [1.807, 2.05) is 0 Å². The molecule has 0 aliphatic heterocycles. The van der Waals surface area contributed by atoms with Crippen molar-refractivity contribution in [1.82, 2.24) is 0 Å². The van der Waals surface area contributed by atoms with Crippen LogP contribution in [0.5, 0.6) is 0 Å². The molecule has 1 heteroatoms. The summed E-state index contributed by atoms with van der Waals surface area (Å²) in [6.45, 7) is 5.25. The van der Waals surface area contributed by atoms with Gasteiger partial charge in [-0.1, -0.05) is 26.0 Å². The topological polar surface area (TPSA) is 0 Å². The van der Waals surface area contributed by atoms with Gasteiger partial charge in [0.15, 0.2) is 0 Å². The van der Waals surface area contributed by atoms with Gasteiger partial charge in [-0.05, 0) is 36.4 Å². The van der Waals surface area contributed by atoms with Gasteiger partial charge in [0.2, 0.25) is 0 Å². The van der Waals surface area contributed by atoms with Crippen molar-refractivity contribution >= 4 is 0 Å². The van der Waals surface area contributed by atoms with Crippen LogP contribution in [0.2, 0.25) is 0 Å². The molecular formula is C11H15F. The van der Waals surface area contributed by atoms with E-state index in [1.165, 1.54) is 6.07 Å². The molecule has 0 unspecified atom stereocenters. The Morgan fingerprint density at radius 1 is 1.50 bits per heavy atom. The molecule has 0 radical (unpaired) electrons. The third-order valence-electron chi connectivity index (χ3n) is 1.63. The van der Waals surface area contributed by atoms with Crippen molar-refractivity contribution < 1.29 is 7.13 Å². The van der Waals surface area contributed by atoms with Gasteiger partial charge in [0.25, 0.3) is 0 Å². The molecule has 0 amide bonds. The van der Waals surface area contributed by atoms with Gasteiger partial charge in [-0.2, -0.15) is 0 Å². The van der Waals surface area contributed by atoms with Crippen LogP contribution < -0.4 is 0 Å². The highest BCUT2D eigenvalue weighted by molar-refractivity contribution is 5.23. The number of halogens is 1. The highest BCUT2D eigenvalue weighted by Crippen LogP contribution is 2.12. The van der Waals surface area contributed by atoms with Crippen molar-refractivity contribution in [1.29, 1.82) is 0 Å². The van der Waals surface area contributed by atoms with E-state index in [-0.39, 0.29) is 11.7 Å². The van der Waals surface area contributed by atoms with Crippen LogP contribution in [0, 0.1) is 18.7 Å². The summed E-state index contributed by atoms with van der Waals surface area (Å²) in [5.74, 6) is -0.503. The summed E-state index contributed by atoms with van der Waals surface area (Å²) in [7, 11) is 0. The number of hydrogen-bond donors (Lipinski definition) is 0. The van der Waals surface area contributed by atoms with E-state index in [0.717, 1.165) is 0 Å². The maximum atomic E-state index is 13.2. The molecule has 66 valence electrons. The summed E-state index contributed by atoms with van der Waals surface area (Å²) in [5, 5.41) is 0. The lowest BCUT2D eigenvalue weighted by Crippen LogP contribution is -1.95. The molecule has 0 aliphatic rings. The fraction of sp³-hybridized carbons (Fsp3) is 0.455. The van der Waals surface area contributed by atoms with Crippen LogP contribution >= 0.6 is 0 Å². The first kappa shape index (κ1) is 6.64. The van der Waals surface area contributed by atoms with Crippen molar-refractivity contribution in [3.63, 3.8) is 0 Å². The van der Waals surface area contributed by atoms with Crippen molar-refractivity contribution in [2.75, 3.05) is 0 Å². The average Bonchev–Trinajstić information content (AvgIpc) is 2.09.